The van der Waals surface area contributed by atoms with Gasteiger partial charge in [-0.15, -0.1) is 5.10 Å². The first-order chi connectivity index (χ1) is 12.1. The third-order valence-corrected chi connectivity index (χ3v) is 4.33. The van der Waals surface area contributed by atoms with Crippen LogP contribution in [0.3, 0.4) is 0 Å². The summed E-state index contributed by atoms with van der Waals surface area (Å²) < 4.78 is 10.2. The van der Waals surface area contributed by atoms with Crippen LogP contribution in [0.2, 0.25) is 0 Å². The Morgan fingerprint density at radius 3 is 3.04 bits per heavy atom. The number of carbonyl (C=O) groups excluding carboxylic acids is 1. The summed E-state index contributed by atoms with van der Waals surface area (Å²) in [6, 6.07) is 5.08. The number of hydrogen-bond acceptors (Lipinski definition) is 5. The lowest BCUT2D eigenvalue weighted by atomic mass is 10.1. The standard InChI is InChI=1S/C16H18N6O3/c1-20-8-6-17-15(20)14-11(5-9-25-14)18-13(23)10-22-16(24)21-7-3-2-4-12(21)19-22/h2-4,6-8,11,14H,5,9-10H2,1H3,(H,18,23)/t11-,14-/m0/s1. The number of aromatic nitrogens is 5. The van der Waals surface area contributed by atoms with Gasteiger partial charge >= 0.3 is 5.69 Å². The molecule has 1 aliphatic rings. The summed E-state index contributed by atoms with van der Waals surface area (Å²) in [6.45, 7) is 0.418. The van der Waals surface area contributed by atoms with Gasteiger partial charge < -0.3 is 14.6 Å². The zero-order chi connectivity index (χ0) is 17.4. The third-order valence-electron chi connectivity index (χ3n) is 4.33. The molecule has 1 N–H and O–H groups in total. The second-order valence-corrected chi connectivity index (χ2v) is 6.02. The highest BCUT2D eigenvalue weighted by Crippen LogP contribution is 2.27. The minimum absolute atomic E-state index is 0.135. The molecular formula is C16H18N6O3. The van der Waals surface area contributed by atoms with E-state index in [0.717, 1.165) is 10.5 Å². The van der Waals surface area contributed by atoms with E-state index in [-0.39, 0.29) is 30.3 Å². The van der Waals surface area contributed by atoms with Crippen LogP contribution in [0.1, 0.15) is 18.3 Å². The lowest BCUT2D eigenvalue weighted by Gasteiger charge is -2.19. The fourth-order valence-corrected chi connectivity index (χ4v) is 3.10. The highest BCUT2D eigenvalue weighted by atomic mass is 16.5. The van der Waals surface area contributed by atoms with Crippen molar-refractivity contribution in [3.63, 3.8) is 0 Å². The van der Waals surface area contributed by atoms with Crippen LogP contribution in [0.15, 0.2) is 41.6 Å². The summed E-state index contributed by atoms with van der Waals surface area (Å²) in [7, 11) is 1.89. The van der Waals surface area contributed by atoms with Gasteiger partial charge in [-0.1, -0.05) is 6.07 Å². The lowest BCUT2D eigenvalue weighted by molar-refractivity contribution is -0.123. The number of amides is 1. The molecule has 0 unspecified atom stereocenters. The van der Waals surface area contributed by atoms with Crippen molar-refractivity contribution >= 4 is 11.6 Å². The molecule has 3 aromatic rings. The van der Waals surface area contributed by atoms with Gasteiger partial charge in [0.2, 0.25) is 5.91 Å². The van der Waals surface area contributed by atoms with E-state index in [1.165, 1.54) is 4.40 Å². The van der Waals surface area contributed by atoms with Gasteiger partial charge in [-0.05, 0) is 18.6 Å². The predicted molar refractivity (Wildman–Crippen MR) is 87.9 cm³/mol. The first-order valence-electron chi connectivity index (χ1n) is 8.06. The number of carbonyl (C=O) groups is 1. The summed E-state index contributed by atoms with van der Waals surface area (Å²) >= 11 is 0. The maximum atomic E-state index is 12.4. The molecule has 0 spiro atoms. The molecule has 130 valence electrons. The highest BCUT2D eigenvalue weighted by molar-refractivity contribution is 5.76. The molecule has 0 bridgehead atoms. The van der Waals surface area contributed by atoms with Crippen molar-refractivity contribution in [3.8, 4) is 0 Å². The highest BCUT2D eigenvalue weighted by Gasteiger charge is 2.33. The molecule has 1 saturated heterocycles. The molecule has 0 aromatic carbocycles. The van der Waals surface area contributed by atoms with Crippen LogP contribution >= 0.6 is 0 Å². The Morgan fingerprint density at radius 1 is 1.40 bits per heavy atom. The minimum Gasteiger partial charge on any atom is -0.368 e. The Kier molecular flexibility index (Phi) is 3.85. The molecular weight excluding hydrogens is 324 g/mol. The Labute approximate surface area is 142 Å². The second kappa shape index (κ2) is 6.17. The van der Waals surface area contributed by atoms with Gasteiger partial charge in [-0.3, -0.25) is 9.20 Å². The van der Waals surface area contributed by atoms with Gasteiger partial charge in [-0.2, -0.15) is 0 Å². The molecule has 0 aliphatic carbocycles. The summed E-state index contributed by atoms with van der Waals surface area (Å²) in [4.78, 5) is 28.9. The van der Waals surface area contributed by atoms with Crippen molar-refractivity contribution in [1.82, 2.24) is 29.0 Å². The van der Waals surface area contributed by atoms with Crippen molar-refractivity contribution in [1.29, 1.82) is 0 Å². The number of fused-ring (bicyclic) bond motifs is 1. The maximum absolute atomic E-state index is 12.4. The van der Waals surface area contributed by atoms with Gasteiger partial charge in [0.05, 0.1) is 6.04 Å². The third kappa shape index (κ3) is 2.82. The zero-order valence-corrected chi connectivity index (χ0v) is 13.7. The number of aryl methyl sites for hydroxylation is 1. The topological polar surface area (TPSA) is 95.4 Å². The summed E-state index contributed by atoms with van der Waals surface area (Å²) in [5.41, 5.74) is 0.171. The summed E-state index contributed by atoms with van der Waals surface area (Å²) in [5.74, 6) is 0.493. The van der Waals surface area contributed by atoms with Gasteiger partial charge in [0.25, 0.3) is 0 Å². The molecule has 4 rings (SSSR count). The number of pyridine rings is 1. The number of nitrogens with one attached hydrogen (secondary N) is 1. The van der Waals surface area contributed by atoms with Crippen molar-refractivity contribution in [2.75, 3.05) is 6.61 Å². The number of hydrogen-bond donors (Lipinski definition) is 1. The Morgan fingerprint density at radius 2 is 2.28 bits per heavy atom. The van der Waals surface area contributed by atoms with E-state index in [1.54, 1.807) is 30.6 Å². The maximum Gasteiger partial charge on any atom is 0.350 e. The zero-order valence-electron chi connectivity index (χ0n) is 13.7. The molecule has 0 radical (unpaired) electrons. The Balaban J connectivity index is 1.49. The molecule has 1 fully saturated rings. The number of nitrogens with zero attached hydrogens (tertiary/aromatic N) is 5. The fraction of sp³-hybridized carbons (Fsp3) is 0.375. The molecule has 4 heterocycles. The fourth-order valence-electron chi connectivity index (χ4n) is 3.10. The molecule has 1 amide bonds. The van der Waals surface area contributed by atoms with Crippen LogP contribution in [-0.2, 0) is 23.1 Å². The van der Waals surface area contributed by atoms with Crippen molar-refractivity contribution in [2.45, 2.75) is 25.1 Å². The summed E-state index contributed by atoms with van der Waals surface area (Å²) in [5, 5.41) is 7.11. The quantitative estimate of drug-likeness (QED) is 0.713. The molecule has 25 heavy (non-hydrogen) atoms. The largest absolute Gasteiger partial charge is 0.368 e. The van der Waals surface area contributed by atoms with E-state index in [1.807, 2.05) is 17.8 Å². The number of rotatable bonds is 4. The van der Waals surface area contributed by atoms with E-state index in [0.29, 0.717) is 18.7 Å². The summed E-state index contributed by atoms with van der Waals surface area (Å²) in [6.07, 6.45) is 5.57. The molecule has 2 atom stereocenters. The van der Waals surface area contributed by atoms with Gasteiger partial charge in [-0.25, -0.2) is 14.5 Å². The van der Waals surface area contributed by atoms with Crippen LogP contribution in [0, 0.1) is 0 Å². The van der Waals surface area contributed by atoms with Crippen LogP contribution in [0.5, 0.6) is 0 Å². The number of ether oxygens (including phenoxy) is 1. The normalized spacial score (nSPS) is 20.2. The van der Waals surface area contributed by atoms with Crippen molar-refractivity contribution < 1.29 is 9.53 Å². The van der Waals surface area contributed by atoms with Crippen LogP contribution < -0.4 is 11.0 Å². The van der Waals surface area contributed by atoms with Gasteiger partial charge in [0, 0.05) is 32.2 Å². The average Bonchev–Trinajstić information content (AvgIpc) is 3.29. The van der Waals surface area contributed by atoms with Gasteiger partial charge in [0.15, 0.2) is 5.65 Å². The molecule has 1 aliphatic heterocycles. The lowest BCUT2D eigenvalue weighted by Crippen LogP contribution is -2.41. The average molecular weight is 342 g/mol. The molecule has 9 nitrogen and oxygen atoms in total. The minimum atomic E-state index is -0.339. The van der Waals surface area contributed by atoms with Crippen molar-refractivity contribution in [3.05, 3.63) is 53.1 Å². The first-order valence-corrected chi connectivity index (χ1v) is 8.06. The van der Waals surface area contributed by atoms with Crippen LogP contribution in [-0.4, -0.2) is 42.3 Å². The second-order valence-electron chi connectivity index (χ2n) is 6.02. The van der Waals surface area contributed by atoms with E-state index in [4.69, 9.17) is 4.74 Å². The predicted octanol–water partition coefficient (Wildman–Crippen LogP) is -0.124. The van der Waals surface area contributed by atoms with E-state index in [2.05, 4.69) is 15.4 Å². The Hall–Kier alpha value is -2.94. The van der Waals surface area contributed by atoms with Gasteiger partial charge in [0.1, 0.15) is 18.5 Å². The first kappa shape index (κ1) is 15.6. The smallest absolute Gasteiger partial charge is 0.350 e. The molecule has 3 aromatic heterocycles. The van der Waals surface area contributed by atoms with E-state index < -0.39 is 0 Å². The molecule has 9 heteroatoms. The van der Waals surface area contributed by atoms with Crippen LogP contribution in [0.25, 0.3) is 5.65 Å². The number of imidazole rings is 1. The Bertz CT molecular complexity index is 972. The molecule has 0 saturated carbocycles. The van der Waals surface area contributed by atoms with E-state index in [9.17, 15) is 9.59 Å². The van der Waals surface area contributed by atoms with Crippen molar-refractivity contribution in [2.24, 2.45) is 7.05 Å². The van der Waals surface area contributed by atoms with Crippen LogP contribution in [0.4, 0.5) is 0 Å². The van der Waals surface area contributed by atoms with E-state index >= 15 is 0 Å². The SMILES string of the molecule is Cn1ccnc1[C@H]1OCC[C@@H]1NC(=O)Cn1nc2ccccn2c1=O. The monoisotopic (exact) mass is 342 g/mol.